The van der Waals surface area contributed by atoms with E-state index in [0.29, 0.717) is 11.4 Å². The van der Waals surface area contributed by atoms with Crippen LogP contribution in [0, 0.1) is 5.82 Å². The minimum absolute atomic E-state index is 0.213. The summed E-state index contributed by atoms with van der Waals surface area (Å²) in [6, 6.07) is 11.4. The smallest absolute Gasteiger partial charge is 0.287 e. The van der Waals surface area contributed by atoms with Gasteiger partial charge in [0, 0.05) is 18.7 Å². The molecule has 0 fully saturated rings. The molecule has 0 unspecified atom stereocenters. The lowest BCUT2D eigenvalue weighted by molar-refractivity contribution is -0.211. The summed E-state index contributed by atoms with van der Waals surface area (Å²) in [5.74, 6) is -0.329. The monoisotopic (exact) mass is 329 g/mol. The van der Waals surface area contributed by atoms with Gasteiger partial charge in [0.1, 0.15) is 5.82 Å². The predicted octanol–water partition coefficient (Wildman–Crippen LogP) is 4.73. The zero-order valence-corrected chi connectivity index (χ0v) is 14.2. The van der Waals surface area contributed by atoms with Gasteiger partial charge in [-0.2, -0.15) is 0 Å². The van der Waals surface area contributed by atoms with Gasteiger partial charge >= 0.3 is 5.97 Å². The van der Waals surface area contributed by atoms with Crippen molar-refractivity contribution in [3.63, 3.8) is 0 Å². The molecular formula is C19H20FNO3. The molecule has 5 heteroatoms. The molecule has 2 aromatic carbocycles. The number of carbonyl (C=O) groups is 1. The molecule has 24 heavy (non-hydrogen) atoms. The van der Waals surface area contributed by atoms with Crippen LogP contribution in [-0.4, -0.2) is 12.2 Å². The van der Waals surface area contributed by atoms with E-state index in [4.69, 9.17) is 4.89 Å². The van der Waals surface area contributed by atoms with Gasteiger partial charge in [-0.3, -0.25) is 14.8 Å². The van der Waals surface area contributed by atoms with Crippen LogP contribution in [0.1, 0.15) is 38.8 Å². The molecule has 0 aliphatic carbocycles. The van der Waals surface area contributed by atoms with Gasteiger partial charge in [0.05, 0.1) is 5.69 Å². The van der Waals surface area contributed by atoms with E-state index in [0.717, 1.165) is 11.1 Å². The Morgan fingerprint density at radius 3 is 2.38 bits per heavy atom. The van der Waals surface area contributed by atoms with Crippen molar-refractivity contribution in [2.24, 2.45) is 4.99 Å². The molecule has 0 amide bonds. The van der Waals surface area contributed by atoms with Crippen LogP contribution in [0.3, 0.4) is 0 Å². The summed E-state index contributed by atoms with van der Waals surface area (Å²) in [4.78, 5) is 25.0. The van der Waals surface area contributed by atoms with Crippen molar-refractivity contribution in [2.75, 3.05) is 0 Å². The van der Waals surface area contributed by atoms with Crippen LogP contribution < -0.4 is 4.89 Å². The summed E-state index contributed by atoms with van der Waals surface area (Å²) in [7, 11) is 0. The topological polar surface area (TPSA) is 47.9 Å². The molecule has 2 rings (SSSR count). The van der Waals surface area contributed by atoms with Gasteiger partial charge in [0.15, 0.2) is 5.75 Å². The van der Waals surface area contributed by atoms with E-state index in [1.807, 2.05) is 26.8 Å². The van der Waals surface area contributed by atoms with Crippen LogP contribution in [0.2, 0.25) is 0 Å². The van der Waals surface area contributed by atoms with E-state index >= 15 is 0 Å². The molecular weight excluding hydrogens is 309 g/mol. The van der Waals surface area contributed by atoms with Gasteiger partial charge in [0.25, 0.3) is 0 Å². The minimum Gasteiger partial charge on any atom is -0.287 e. The highest BCUT2D eigenvalue weighted by atomic mass is 19.1. The summed E-state index contributed by atoms with van der Waals surface area (Å²) < 4.78 is 12.9. The third-order valence-corrected chi connectivity index (χ3v) is 3.25. The summed E-state index contributed by atoms with van der Waals surface area (Å²) in [6.45, 7) is 7.37. The fourth-order valence-corrected chi connectivity index (χ4v) is 2.07. The van der Waals surface area contributed by atoms with Crippen LogP contribution in [0.5, 0.6) is 5.75 Å². The quantitative estimate of drug-likeness (QED) is 0.463. The van der Waals surface area contributed by atoms with E-state index in [-0.39, 0.29) is 11.2 Å². The van der Waals surface area contributed by atoms with Gasteiger partial charge in [0.2, 0.25) is 0 Å². The molecule has 0 spiro atoms. The van der Waals surface area contributed by atoms with Crippen LogP contribution in [0.15, 0.2) is 47.5 Å². The van der Waals surface area contributed by atoms with Crippen molar-refractivity contribution in [2.45, 2.75) is 33.1 Å². The number of hydrogen-bond donors (Lipinski definition) is 0. The Balaban J connectivity index is 2.28. The fourth-order valence-electron chi connectivity index (χ4n) is 2.07. The molecule has 0 saturated carbocycles. The third kappa shape index (κ3) is 4.91. The van der Waals surface area contributed by atoms with Crippen LogP contribution in [0.25, 0.3) is 0 Å². The normalized spacial score (nSPS) is 11.5. The third-order valence-electron chi connectivity index (χ3n) is 3.25. The Hall–Kier alpha value is -2.69. The Kier molecular flexibility index (Phi) is 5.34. The molecule has 126 valence electrons. The Bertz CT molecular complexity index is 746. The molecule has 2 aromatic rings. The number of halogens is 1. The van der Waals surface area contributed by atoms with Gasteiger partial charge in [-0.1, -0.05) is 20.8 Å². The molecule has 0 N–H and O–H groups in total. The molecule has 0 aliphatic rings. The second-order valence-electron chi connectivity index (χ2n) is 6.40. The van der Waals surface area contributed by atoms with Gasteiger partial charge in [-0.25, -0.2) is 9.18 Å². The maximum atomic E-state index is 12.9. The van der Waals surface area contributed by atoms with Crippen molar-refractivity contribution < 1.29 is 19.0 Å². The minimum atomic E-state index is -0.517. The Morgan fingerprint density at radius 2 is 1.79 bits per heavy atom. The number of benzene rings is 2. The maximum absolute atomic E-state index is 12.9. The van der Waals surface area contributed by atoms with E-state index < -0.39 is 5.97 Å². The lowest BCUT2D eigenvalue weighted by Crippen LogP contribution is -2.15. The fraction of sp³-hybridized carbons (Fsp3) is 0.263. The number of aliphatic imine (C=N–C) groups is 1. The van der Waals surface area contributed by atoms with Crippen LogP contribution >= 0.6 is 0 Å². The van der Waals surface area contributed by atoms with E-state index in [1.165, 1.54) is 19.1 Å². The second-order valence-corrected chi connectivity index (χ2v) is 6.40. The highest BCUT2D eigenvalue weighted by molar-refractivity contribution is 5.82. The summed E-state index contributed by atoms with van der Waals surface area (Å²) in [5, 5.41) is 0. The molecule has 0 saturated heterocycles. The number of carbonyl (C=O) groups excluding carboxylic acids is 1. The predicted molar refractivity (Wildman–Crippen MR) is 91.2 cm³/mol. The maximum Gasteiger partial charge on any atom is 0.352 e. The van der Waals surface area contributed by atoms with Gasteiger partial charge in [-0.15, -0.1) is 0 Å². The Morgan fingerprint density at radius 1 is 1.12 bits per heavy atom. The standard InChI is InChI=1S/C19H20FNO3/c1-13(22)23-24-18-10-5-14(11-17(18)19(2,3)4)12-21-16-8-6-15(20)7-9-16/h5-12H,1-4H3. The largest absolute Gasteiger partial charge is 0.352 e. The average Bonchev–Trinajstić information content (AvgIpc) is 2.52. The lowest BCUT2D eigenvalue weighted by atomic mass is 9.85. The molecule has 0 aliphatic heterocycles. The SMILES string of the molecule is CC(=O)OOc1ccc(C=Nc2ccc(F)cc2)cc1C(C)(C)C. The number of nitrogens with zero attached hydrogens (tertiary/aromatic N) is 1. The first kappa shape index (κ1) is 17.7. The first-order valence-corrected chi connectivity index (χ1v) is 7.55. The molecule has 0 radical (unpaired) electrons. The lowest BCUT2D eigenvalue weighted by Gasteiger charge is -2.22. The van der Waals surface area contributed by atoms with Crippen molar-refractivity contribution in [3.8, 4) is 5.75 Å². The van der Waals surface area contributed by atoms with Gasteiger partial charge < -0.3 is 0 Å². The number of rotatable bonds is 4. The summed E-state index contributed by atoms with van der Waals surface area (Å²) in [5.41, 5.74) is 2.19. The first-order chi connectivity index (χ1) is 11.3. The van der Waals surface area contributed by atoms with Crippen LogP contribution in [-0.2, 0) is 15.1 Å². The molecule has 0 heterocycles. The Labute approximate surface area is 140 Å². The molecule has 0 bridgehead atoms. The van der Waals surface area contributed by atoms with E-state index in [1.54, 1.807) is 30.5 Å². The average molecular weight is 329 g/mol. The van der Waals surface area contributed by atoms with Crippen LogP contribution in [0.4, 0.5) is 10.1 Å². The van der Waals surface area contributed by atoms with Crippen molar-refractivity contribution in [3.05, 3.63) is 59.4 Å². The summed E-state index contributed by atoms with van der Waals surface area (Å²) >= 11 is 0. The van der Waals surface area contributed by atoms with Crippen molar-refractivity contribution in [1.29, 1.82) is 0 Å². The second kappa shape index (κ2) is 7.25. The zero-order chi connectivity index (χ0) is 17.7. The summed E-state index contributed by atoms with van der Waals surface area (Å²) in [6.07, 6.45) is 1.69. The van der Waals surface area contributed by atoms with E-state index in [9.17, 15) is 9.18 Å². The van der Waals surface area contributed by atoms with Crippen molar-refractivity contribution >= 4 is 17.9 Å². The van der Waals surface area contributed by atoms with Gasteiger partial charge in [-0.05, 0) is 53.4 Å². The first-order valence-electron chi connectivity index (χ1n) is 7.55. The highest BCUT2D eigenvalue weighted by Gasteiger charge is 2.20. The zero-order valence-electron chi connectivity index (χ0n) is 14.2. The molecule has 4 nitrogen and oxygen atoms in total. The molecule has 0 atom stereocenters. The number of hydrogen-bond acceptors (Lipinski definition) is 4. The highest BCUT2D eigenvalue weighted by Crippen LogP contribution is 2.32. The van der Waals surface area contributed by atoms with E-state index in [2.05, 4.69) is 9.88 Å². The van der Waals surface area contributed by atoms with Crippen molar-refractivity contribution in [1.82, 2.24) is 0 Å². The molecule has 0 aromatic heterocycles.